The molecule has 8 heteroatoms. The Morgan fingerprint density at radius 3 is 2.43 bits per heavy atom. The summed E-state index contributed by atoms with van der Waals surface area (Å²) in [6.07, 6.45) is 1.84. The highest BCUT2D eigenvalue weighted by Crippen LogP contribution is 2.36. The van der Waals surface area contributed by atoms with Gasteiger partial charge < -0.3 is 14.2 Å². The Bertz CT molecular complexity index is 1440. The molecular formula is C27H28N2O5S. The number of esters is 1. The number of nitrogens with zero attached hydrogens (tertiary/aromatic N) is 2. The summed E-state index contributed by atoms with van der Waals surface area (Å²) in [6.45, 7) is 8.47. The van der Waals surface area contributed by atoms with E-state index in [1.165, 1.54) is 11.3 Å². The molecule has 2 aromatic carbocycles. The number of ether oxygens (including phenoxy) is 3. The monoisotopic (exact) mass is 492 g/mol. The maximum atomic E-state index is 13.7. The van der Waals surface area contributed by atoms with E-state index >= 15 is 0 Å². The summed E-state index contributed by atoms with van der Waals surface area (Å²) in [5.41, 5.74) is 2.26. The van der Waals surface area contributed by atoms with Gasteiger partial charge in [-0.25, -0.2) is 9.79 Å². The van der Waals surface area contributed by atoms with Gasteiger partial charge in [-0.1, -0.05) is 47.7 Å². The molecule has 0 unspecified atom stereocenters. The van der Waals surface area contributed by atoms with Crippen molar-refractivity contribution in [2.75, 3.05) is 19.8 Å². The Morgan fingerprint density at radius 1 is 1.03 bits per heavy atom. The summed E-state index contributed by atoms with van der Waals surface area (Å²) in [6, 6.07) is 14.4. The molecule has 1 aromatic heterocycles. The van der Waals surface area contributed by atoms with Gasteiger partial charge in [0.1, 0.15) is 0 Å². The van der Waals surface area contributed by atoms with Crippen LogP contribution in [0.3, 0.4) is 0 Å². The van der Waals surface area contributed by atoms with Crippen LogP contribution in [0.1, 0.15) is 44.9 Å². The van der Waals surface area contributed by atoms with E-state index < -0.39 is 12.0 Å². The minimum absolute atomic E-state index is 0.217. The molecule has 0 bridgehead atoms. The summed E-state index contributed by atoms with van der Waals surface area (Å²) in [5.74, 6) is 0.659. The fraction of sp³-hybridized carbons (Fsp3) is 0.296. The second-order valence-electron chi connectivity index (χ2n) is 7.79. The van der Waals surface area contributed by atoms with Gasteiger partial charge in [-0.3, -0.25) is 9.36 Å². The van der Waals surface area contributed by atoms with Crippen molar-refractivity contribution < 1.29 is 19.0 Å². The molecule has 0 fully saturated rings. The molecule has 0 saturated heterocycles. The average Bonchev–Trinajstić information content (AvgIpc) is 3.14. The van der Waals surface area contributed by atoms with Crippen molar-refractivity contribution in [1.29, 1.82) is 0 Å². The Morgan fingerprint density at radius 2 is 1.74 bits per heavy atom. The summed E-state index contributed by atoms with van der Waals surface area (Å²) in [4.78, 5) is 31.9. The SMILES string of the molecule is CCOC(=O)C1=C(C)N=c2s/c(=C\c3ccccc3)c(=O)n2[C@@H]1c1ccc(OCC)c(OCC)c1. The molecule has 1 aliphatic rings. The van der Waals surface area contributed by atoms with Crippen molar-refractivity contribution in [3.63, 3.8) is 0 Å². The number of aromatic nitrogens is 1. The number of benzene rings is 2. The molecule has 35 heavy (non-hydrogen) atoms. The second-order valence-corrected chi connectivity index (χ2v) is 8.79. The van der Waals surface area contributed by atoms with Gasteiger partial charge in [-0.05, 0) is 57.0 Å². The van der Waals surface area contributed by atoms with Crippen LogP contribution in [0.4, 0.5) is 0 Å². The number of hydrogen-bond donors (Lipinski definition) is 0. The quantitative estimate of drug-likeness (QED) is 0.449. The van der Waals surface area contributed by atoms with Gasteiger partial charge in [0.25, 0.3) is 5.56 Å². The second kappa shape index (κ2) is 10.7. The van der Waals surface area contributed by atoms with Crippen LogP contribution in [0.25, 0.3) is 6.08 Å². The Balaban J connectivity index is 1.95. The third kappa shape index (κ3) is 4.93. The summed E-state index contributed by atoms with van der Waals surface area (Å²) in [7, 11) is 0. The van der Waals surface area contributed by atoms with E-state index in [2.05, 4.69) is 4.99 Å². The number of thiazole rings is 1. The fourth-order valence-corrected chi connectivity index (χ4v) is 5.09. The molecule has 0 amide bonds. The Labute approximate surface area is 207 Å². The van der Waals surface area contributed by atoms with Gasteiger partial charge in [0.15, 0.2) is 16.3 Å². The van der Waals surface area contributed by atoms with E-state index in [0.717, 1.165) is 5.56 Å². The lowest BCUT2D eigenvalue weighted by Crippen LogP contribution is -2.40. The maximum absolute atomic E-state index is 13.7. The van der Waals surface area contributed by atoms with Crippen molar-refractivity contribution in [2.24, 2.45) is 4.99 Å². The first-order valence-electron chi connectivity index (χ1n) is 11.6. The van der Waals surface area contributed by atoms with Gasteiger partial charge in [0, 0.05) is 0 Å². The minimum atomic E-state index is -0.710. The molecule has 182 valence electrons. The number of rotatable bonds is 8. The fourth-order valence-electron chi connectivity index (χ4n) is 4.05. The molecule has 0 radical (unpaired) electrons. The molecule has 4 rings (SSSR count). The number of carbonyl (C=O) groups excluding carboxylic acids is 1. The standard InChI is InChI=1S/C27H28N2O5S/c1-5-32-20-14-13-19(16-21(20)33-6-2)24-23(26(31)34-7-3)17(4)28-27-29(24)25(30)22(35-27)15-18-11-9-8-10-12-18/h8-16,24H,5-7H2,1-4H3/b22-15-/t24-/m1/s1. The number of fused-ring (bicyclic) bond motifs is 1. The number of allylic oxidation sites excluding steroid dienone is 1. The van der Waals surface area contributed by atoms with Gasteiger partial charge in [0.05, 0.1) is 41.7 Å². The first-order chi connectivity index (χ1) is 17.0. The lowest BCUT2D eigenvalue weighted by molar-refractivity contribution is -0.139. The predicted octanol–water partition coefficient (Wildman–Crippen LogP) is 3.60. The molecule has 0 spiro atoms. The highest BCUT2D eigenvalue weighted by molar-refractivity contribution is 7.07. The van der Waals surface area contributed by atoms with E-state index in [9.17, 15) is 9.59 Å². The molecular weight excluding hydrogens is 464 g/mol. The molecule has 0 saturated carbocycles. The molecule has 3 aromatic rings. The summed E-state index contributed by atoms with van der Waals surface area (Å²) < 4.78 is 19.0. The van der Waals surface area contributed by atoms with E-state index in [-0.39, 0.29) is 12.2 Å². The first-order valence-corrected chi connectivity index (χ1v) is 12.4. The maximum Gasteiger partial charge on any atom is 0.338 e. The highest BCUT2D eigenvalue weighted by Gasteiger charge is 2.34. The number of hydrogen-bond acceptors (Lipinski definition) is 7. The zero-order valence-corrected chi connectivity index (χ0v) is 21.1. The summed E-state index contributed by atoms with van der Waals surface area (Å²) in [5, 5.41) is 0. The average molecular weight is 493 g/mol. The molecule has 0 aliphatic carbocycles. The van der Waals surface area contributed by atoms with Crippen LogP contribution in [0.2, 0.25) is 0 Å². The third-order valence-corrected chi connectivity index (χ3v) is 6.48. The van der Waals surface area contributed by atoms with Crippen LogP contribution in [0, 0.1) is 0 Å². The van der Waals surface area contributed by atoms with E-state index in [4.69, 9.17) is 14.2 Å². The predicted molar refractivity (Wildman–Crippen MR) is 136 cm³/mol. The van der Waals surface area contributed by atoms with E-state index in [0.29, 0.717) is 50.9 Å². The molecule has 1 atom stereocenters. The van der Waals surface area contributed by atoms with Crippen LogP contribution in [-0.4, -0.2) is 30.4 Å². The van der Waals surface area contributed by atoms with E-state index in [1.807, 2.05) is 68.5 Å². The number of carbonyl (C=O) groups is 1. The van der Waals surface area contributed by atoms with Crippen molar-refractivity contribution in [3.05, 3.63) is 90.6 Å². The Kier molecular flexibility index (Phi) is 7.51. The largest absolute Gasteiger partial charge is 0.490 e. The van der Waals surface area contributed by atoms with Crippen molar-refractivity contribution in [2.45, 2.75) is 33.7 Å². The van der Waals surface area contributed by atoms with Crippen LogP contribution in [0.5, 0.6) is 11.5 Å². The van der Waals surface area contributed by atoms with Crippen LogP contribution in [-0.2, 0) is 9.53 Å². The van der Waals surface area contributed by atoms with Crippen LogP contribution in [0.15, 0.2) is 69.6 Å². The molecule has 7 nitrogen and oxygen atoms in total. The van der Waals surface area contributed by atoms with E-state index in [1.54, 1.807) is 18.4 Å². The zero-order valence-electron chi connectivity index (χ0n) is 20.2. The van der Waals surface area contributed by atoms with Crippen molar-refractivity contribution in [1.82, 2.24) is 4.57 Å². The van der Waals surface area contributed by atoms with Gasteiger partial charge in [0.2, 0.25) is 0 Å². The molecule has 0 N–H and O–H groups in total. The van der Waals surface area contributed by atoms with Crippen LogP contribution >= 0.6 is 11.3 Å². The highest BCUT2D eigenvalue weighted by atomic mass is 32.1. The van der Waals surface area contributed by atoms with Crippen molar-refractivity contribution in [3.8, 4) is 11.5 Å². The Hall–Kier alpha value is -3.65. The minimum Gasteiger partial charge on any atom is -0.490 e. The third-order valence-electron chi connectivity index (χ3n) is 5.50. The summed E-state index contributed by atoms with van der Waals surface area (Å²) >= 11 is 1.30. The zero-order chi connectivity index (χ0) is 24.9. The lowest BCUT2D eigenvalue weighted by atomic mass is 9.95. The van der Waals surface area contributed by atoms with Crippen molar-refractivity contribution >= 4 is 23.4 Å². The normalized spacial score (nSPS) is 15.4. The first kappa shape index (κ1) is 24.5. The lowest BCUT2D eigenvalue weighted by Gasteiger charge is -2.25. The van der Waals surface area contributed by atoms with Gasteiger partial charge >= 0.3 is 5.97 Å². The topological polar surface area (TPSA) is 79.1 Å². The van der Waals surface area contributed by atoms with Gasteiger partial charge in [-0.15, -0.1) is 0 Å². The van der Waals surface area contributed by atoms with Crippen LogP contribution < -0.4 is 24.4 Å². The smallest absolute Gasteiger partial charge is 0.338 e. The molecule has 1 aliphatic heterocycles. The molecule has 2 heterocycles. The van der Waals surface area contributed by atoms with Gasteiger partial charge in [-0.2, -0.15) is 0 Å².